The normalized spacial score (nSPS) is 31.2. The number of aromatic hydroxyl groups is 1. The van der Waals surface area contributed by atoms with Gasteiger partial charge in [0.1, 0.15) is 34.2 Å². The fraction of sp³-hybridized carbons (Fsp3) is 0.605. The van der Waals surface area contributed by atoms with Crippen molar-refractivity contribution in [2.45, 2.75) is 127 Å². The van der Waals surface area contributed by atoms with E-state index in [0.717, 1.165) is 51.5 Å². The van der Waals surface area contributed by atoms with Crippen molar-refractivity contribution in [3.63, 3.8) is 0 Å². The number of aliphatic hydroxyl groups is 1. The zero-order valence-electron chi connectivity index (χ0n) is 32.2. The zero-order valence-corrected chi connectivity index (χ0v) is 32.2. The van der Waals surface area contributed by atoms with Gasteiger partial charge in [-0.2, -0.15) is 9.97 Å². The number of hydrogen-bond acceptors (Lipinski definition) is 10. The van der Waals surface area contributed by atoms with Crippen LogP contribution in [0.2, 0.25) is 0 Å². The lowest BCUT2D eigenvalue weighted by atomic mass is 9.74. The summed E-state index contributed by atoms with van der Waals surface area (Å²) in [6.45, 7) is 7.89. The first-order valence-corrected chi connectivity index (χ1v) is 20.5. The highest BCUT2D eigenvalue weighted by molar-refractivity contribution is 6.01. The van der Waals surface area contributed by atoms with Crippen LogP contribution in [0.3, 0.4) is 0 Å². The van der Waals surface area contributed by atoms with E-state index in [2.05, 4.69) is 9.88 Å². The number of hydrogen-bond donors (Lipinski definition) is 2. The summed E-state index contributed by atoms with van der Waals surface area (Å²) < 4.78 is 51.5. The Kier molecular flexibility index (Phi) is 9.62. The molecule has 9 rings (SSSR count). The first kappa shape index (κ1) is 36.9. The first-order chi connectivity index (χ1) is 26.5. The van der Waals surface area contributed by atoms with Crippen LogP contribution in [0.5, 0.6) is 11.8 Å². The van der Waals surface area contributed by atoms with Crippen LogP contribution < -0.4 is 9.64 Å². The molecule has 5 fully saturated rings. The molecule has 4 saturated heterocycles. The van der Waals surface area contributed by atoms with Gasteiger partial charge in [-0.15, -0.1) is 0 Å². The van der Waals surface area contributed by atoms with E-state index < -0.39 is 17.2 Å². The van der Waals surface area contributed by atoms with E-state index in [9.17, 15) is 10.2 Å². The minimum atomic E-state index is -1.19. The molecule has 2 N–H and O–H groups in total. The van der Waals surface area contributed by atoms with Gasteiger partial charge in [0.2, 0.25) is 0 Å². The van der Waals surface area contributed by atoms with Crippen LogP contribution in [0, 0.1) is 17.0 Å². The summed E-state index contributed by atoms with van der Waals surface area (Å²) in [4.78, 5) is 19.1. The minimum Gasteiger partial charge on any atom is -0.508 e. The molecule has 2 bridgehead atoms. The number of β-amino-alcohol motifs (C(OH)–C–C–N with tert-alkyl or cyclic N) is 1. The van der Waals surface area contributed by atoms with E-state index in [1.807, 2.05) is 18.7 Å². The molecule has 6 heterocycles. The lowest BCUT2D eigenvalue weighted by molar-refractivity contribution is -0.0798. The Balaban J connectivity index is 1.13. The molecule has 5 aliphatic rings. The van der Waals surface area contributed by atoms with Crippen molar-refractivity contribution < 1.29 is 33.2 Å². The van der Waals surface area contributed by atoms with E-state index in [1.165, 1.54) is 25.0 Å². The molecule has 0 amide bonds. The standard InChI is InChI=1S/C43H53F2N5O5/c1-4-28-21-49(22-42(3,52)23-53-28)40-33-20-46-38(32-19-27(51)16-25-9-12-34(44)31(5-2)36(25)32)37(45)39(33)47-41(48-40)54-24-43-13-6-8-35(43)50(15-7-14-43)26-17-29-10-11-30(18-26)55-29/h9,12,16,19-20,26,28-30,35,51-52H,4-8,10-11,13-15,17-18,21-24H2,1-3H3/t26?,28-,29?,30?,35+,42-,43+/m0/s1. The maximum atomic E-state index is 17.3. The van der Waals surface area contributed by atoms with Crippen molar-refractivity contribution >= 4 is 27.5 Å². The van der Waals surface area contributed by atoms with Crippen LogP contribution in [0.1, 0.15) is 90.5 Å². The SMILES string of the molecule is CCc1c(F)ccc2cc(O)cc(-c3ncc4c(N5C[C@H](CC)OC[C@@](C)(O)C5)nc(OC[C@]56CCC[C@H]5N(C5CC7CCC(C5)O7)CCC6)nc4c3F)c12. The highest BCUT2D eigenvalue weighted by Gasteiger charge is 2.51. The van der Waals surface area contributed by atoms with Crippen LogP contribution in [0.4, 0.5) is 14.6 Å². The second-order valence-electron chi connectivity index (χ2n) is 17.2. The largest absolute Gasteiger partial charge is 0.508 e. The summed E-state index contributed by atoms with van der Waals surface area (Å²) in [5.41, 5.74) is -0.603. The highest BCUT2D eigenvalue weighted by atomic mass is 19.1. The van der Waals surface area contributed by atoms with E-state index in [4.69, 9.17) is 24.2 Å². The van der Waals surface area contributed by atoms with Gasteiger partial charge in [0, 0.05) is 35.8 Å². The maximum absolute atomic E-state index is 17.3. The van der Waals surface area contributed by atoms with Gasteiger partial charge in [-0.05, 0) is 112 Å². The second-order valence-corrected chi connectivity index (χ2v) is 17.2. The molecule has 0 spiro atoms. The van der Waals surface area contributed by atoms with Gasteiger partial charge in [0.25, 0.3) is 0 Å². The summed E-state index contributed by atoms with van der Waals surface area (Å²) in [5, 5.41) is 23.5. The number of aryl methyl sites for hydroxylation is 1. The van der Waals surface area contributed by atoms with Crippen LogP contribution >= 0.6 is 0 Å². The summed E-state index contributed by atoms with van der Waals surface area (Å²) in [7, 11) is 0. The Bertz CT molecular complexity index is 2090. The number of aromatic nitrogens is 3. The molecule has 2 unspecified atom stereocenters. The number of benzene rings is 2. The summed E-state index contributed by atoms with van der Waals surface area (Å²) >= 11 is 0. The first-order valence-electron chi connectivity index (χ1n) is 20.5. The molecule has 4 aromatic rings. The van der Waals surface area contributed by atoms with E-state index in [0.29, 0.717) is 77.8 Å². The Morgan fingerprint density at radius 1 is 1.04 bits per heavy atom. The molecule has 12 heteroatoms. The second kappa shape index (κ2) is 14.3. The molecule has 2 aromatic carbocycles. The smallest absolute Gasteiger partial charge is 0.319 e. The Hall–Kier alpha value is -3.71. The molecule has 55 heavy (non-hydrogen) atoms. The predicted octanol–water partition coefficient (Wildman–Crippen LogP) is 7.48. The van der Waals surface area contributed by atoms with Gasteiger partial charge in [-0.1, -0.05) is 26.3 Å². The predicted molar refractivity (Wildman–Crippen MR) is 207 cm³/mol. The molecule has 1 saturated carbocycles. The quantitative estimate of drug-likeness (QED) is 0.188. The van der Waals surface area contributed by atoms with Gasteiger partial charge in [-0.25, -0.2) is 8.78 Å². The third kappa shape index (κ3) is 6.70. The topological polar surface area (TPSA) is 113 Å². The Labute approximate surface area is 321 Å². The number of anilines is 1. The lowest BCUT2D eigenvalue weighted by Crippen LogP contribution is -2.57. The summed E-state index contributed by atoms with van der Waals surface area (Å²) in [6, 6.07) is 6.93. The number of likely N-dealkylation sites (tertiary alicyclic amines) is 1. The van der Waals surface area contributed by atoms with Crippen molar-refractivity contribution in [1.29, 1.82) is 0 Å². The maximum Gasteiger partial charge on any atom is 0.319 e. The number of halogens is 2. The fourth-order valence-electron chi connectivity index (χ4n) is 10.8. The third-order valence-electron chi connectivity index (χ3n) is 13.3. The summed E-state index contributed by atoms with van der Waals surface area (Å²) in [6.07, 6.45) is 13.2. The van der Waals surface area contributed by atoms with Crippen LogP contribution in [-0.4, -0.2) is 98.9 Å². The molecule has 2 aromatic heterocycles. The average Bonchev–Trinajstić information content (AvgIpc) is 3.72. The molecule has 0 radical (unpaired) electrons. The molecular weight excluding hydrogens is 704 g/mol. The Morgan fingerprint density at radius 3 is 2.62 bits per heavy atom. The number of fused-ring (bicyclic) bond motifs is 5. The van der Waals surface area contributed by atoms with Crippen LogP contribution in [-0.2, 0) is 15.9 Å². The van der Waals surface area contributed by atoms with Gasteiger partial charge in [0.05, 0.1) is 43.5 Å². The number of piperidine rings is 1. The number of ether oxygens (including phenoxy) is 3. The fourth-order valence-corrected chi connectivity index (χ4v) is 10.8. The number of phenolic OH excluding ortho intramolecular Hbond substituents is 1. The molecule has 1 aliphatic carbocycles. The third-order valence-corrected chi connectivity index (χ3v) is 13.3. The monoisotopic (exact) mass is 757 g/mol. The average molecular weight is 758 g/mol. The van der Waals surface area contributed by atoms with Crippen molar-refractivity contribution in [3.05, 3.63) is 47.7 Å². The molecule has 6 atom stereocenters. The minimum absolute atomic E-state index is 0.0113. The number of phenols is 1. The lowest BCUT2D eigenvalue weighted by Gasteiger charge is -2.50. The molecule has 294 valence electrons. The van der Waals surface area contributed by atoms with Crippen molar-refractivity contribution in [2.24, 2.45) is 5.41 Å². The van der Waals surface area contributed by atoms with E-state index in [1.54, 1.807) is 25.3 Å². The van der Waals surface area contributed by atoms with Crippen LogP contribution in [0.15, 0.2) is 30.5 Å². The number of rotatable bonds is 8. The van der Waals surface area contributed by atoms with Crippen molar-refractivity contribution in [3.8, 4) is 23.0 Å². The highest BCUT2D eigenvalue weighted by Crippen LogP contribution is 2.50. The van der Waals surface area contributed by atoms with Gasteiger partial charge < -0.3 is 29.3 Å². The van der Waals surface area contributed by atoms with Crippen molar-refractivity contribution in [1.82, 2.24) is 19.9 Å². The van der Waals surface area contributed by atoms with Gasteiger partial charge in [0.15, 0.2) is 5.82 Å². The Morgan fingerprint density at radius 2 is 1.84 bits per heavy atom. The van der Waals surface area contributed by atoms with Crippen LogP contribution in [0.25, 0.3) is 32.9 Å². The summed E-state index contributed by atoms with van der Waals surface area (Å²) in [5.74, 6) is -0.794. The number of nitrogens with zero attached hydrogens (tertiary/aromatic N) is 5. The zero-order chi connectivity index (χ0) is 38.1. The van der Waals surface area contributed by atoms with E-state index >= 15 is 8.78 Å². The van der Waals surface area contributed by atoms with Gasteiger partial charge >= 0.3 is 6.01 Å². The van der Waals surface area contributed by atoms with Gasteiger partial charge in [-0.3, -0.25) is 9.88 Å². The molecule has 4 aliphatic heterocycles. The van der Waals surface area contributed by atoms with E-state index in [-0.39, 0.29) is 53.2 Å². The number of pyridine rings is 1. The molecular formula is C43H53F2N5O5. The van der Waals surface area contributed by atoms with Crippen molar-refractivity contribution in [2.75, 3.05) is 37.7 Å². The molecule has 10 nitrogen and oxygen atoms in total.